The highest BCUT2D eigenvalue weighted by Crippen LogP contribution is 2.35. The van der Waals surface area contributed by atoms with Crippen LogP contribution in [0.3, 0.4) is 0 Å². The highest BCUT2D eigenvalue weighted by atomic mass is 32.2. The molecule has 0 saturated carbocycles. The standard InChI is InChI=1S/C17H19N3OS/c1-12(14-7-4-5-10-18-14)19-17(21)20-15-9-11-22-16-8-3-2-6-13(15)16/h2-8,10,12,15H,9,11H2,1H3,(H2,19,20,21)/t12-,15-/m1/s1. The van der Waals surface area contributed by atoms with Gasteiger partial charge in [0.1, 0.15) is 0 Å². The number of pyridine rings is 1. The van der Waals surface area contributed by atoms with Gasteiger partial charge in [-0.1, -0.05) is 24.3 Å². The van der Waals surface area contributed by atoms with E-state index in [-0.39, 0.29) is 18.1 Å². The lowest BCUT2D eigenvalue weighted by Gasteiger charge is -2.26. The van der Waals surface area contributed by atoms with Gasteiger partial charge >= 0.3 is 6.03 Å². The van der Waals surface area contributed by atoms with E-state index >= 15 is 0 Å². The third kappa shape index (κ3) is 3.42. The summed E-state index contributed by atoms with van der Waals surface area (Å²) in [6, 6.07) is 13.8. The maximum Gasteiger partial charge on any atom is 0.315 e. The smallest absolute Gasteiger partial charge is 0.315 e. The van der Waals surface area contributed by atoms with Crippen LogP contribution in [0.1, 0.15) is 36.7 Å². The second-order valence-electron chi connectivity index (χ2n) is 5.32. The molecule has 1 aromatic heterocycles. The van der Waals surface area contributed by atoms with E-state index in [9.17, 15) is 4.79 Å². The Hall–Kier alpha value is -2.01. The van der Waals surface area contributed by atoms with Gasteiger partial charge in [-0.05, 0) is 37.1 Å². The highest BCUT2D eigenvalue weighted by molar-refractivity contribution is 7.99. The van der Waals surface area contributed by atoms with Crippen molar-refractivity contribution < 1.29 is 4.79 Å². The van der Waals surface area contributed by atoms with E-state index in [1.54, 1.807) is 6.20 Å². The van der Waals surface area contributed by atoms with Gasteiger partial charge in [-0.25, -0.2) is 4.79 Å². The van der Waals surface area contributed by atoms with Crippen LogP contribution in [0.5, 0.6) is 0 Å². The Morgan fingerprint density at radius 3 is 2.91 bits per heavy atom. The Kier molecular flexibility index (Phi) is 4.63. The maximum atomic E-state index is 12.2. The molecule has 2 atom stereocenters. The van der Waals surface area contributed by atoms with E-state index in [4.69, 9.17) is 0 Å². The Morgan fingerprint density at radius 1 is 1.27 bits per heavy atom. The normalized spacial score (nSPS) is 18.1. The number of hydrogen-bond donors (Lipinski definition) is 2. The van der Waals surface area contributed by atoms with Crippen LogP contribution < -0.4 is 10.6 Å². The van der Waals surface area contributed by atoms with Crippen molar-refractivity contribution in [2.75, 3.05) is 5.75 Å². The van der Waals surface area contributed by atoms with Crippen molar-refractivity contribution in [2.45, 2.75) is 30.3 Å². The average Bonchev–Trinajstić information content (AvgIpc) is 2.56. The molecule has 0 unspecified atom stereocenters. The van der Waals surface area contributed by atoms with Crippen LogP contribution in [-0.4, -0.2) is 16.8 Å². The van der Waals surface area contributed by atoms with Crippen LogP contribution in [0.15, 0.2) is 53.6 Å². The van der Waals surface area contributed by atoms with Crippen molar-refractivity contribution in [1.29, 1.82) is 0 Å². The number of urea groups is 1. The van der Waals surface area contributed by atoms with Gasteiger partial charge in [0, 0.05) is 16.8 Å². The highest BCUT2D eigenvalue weighted by Gasteiger charge is 2.22. The summed E-state index contributed by atoms with van der Waals surface area (Å²) >= 11 is 1.85. The fourth-order valence-corrected chi connectivity index (χ4v) is 3.72. The molecule has 5 heteroatoms. The third-order valence-electron chi connectivity index (χ3n) is 3.74. The molecule has 1 aliphatic rings. The minimum Gasteiger partial charge on any atom is -0.331 e. The number of nitrogens with zero attached hydrogens (tertiary/aromatic N) is 1. The zero-order valence-corrected chi connectivity index (χ0v) is 13.3. The summed E-state index contributed by atoms with van der Waals surface area (Å²) < 4.78 is 0. The topological polar surface area (TPSA) is 54.0 Å². The van der Waals surface area contributed by atoms with Crippen LogP contribution in [0.25, 0.3) is 0 Å². The molecule has 4 nitrogen and oxygen atoms in total. The molecule has 1 aliphatic heterocycles. The van der Waals surface area contributed by atoms with E-state index in [1.165, 1.54) is 10.5 Å². The van der Waals surface area contributed by atoms with E-state index in [0.29, 0.717) is 0 Å². The zero-order valence-electron chi connectivity index (χ0n) is 12.5. The number of thioether (sulfide) groups is 1. The van der Waals surface area contributed by atoms with Crippen molar-refractivity contribution >= 4 is 17.8 Å². The molecule has 2 heterocycles. The fourth-order valence-electron chi connectivity index (χ4n) is 2.59. The first-order chi connectivity index (χ1) is 10.7. The van der Waals surface area contributed by atoms with Crippen LogP contribution in [-0.2, 0) is 0 Å². The molecule has 2 amide bonds. The molecule has 1 aromatic carbocycles. The first kappa shape index (κ1) is 14.9. The predicted octanol–water partition coefficient (Wildman–Crippen LogP) is 3.68. The van der Waals surface area contributed by atoms with Crippen LogP contribution in [0.2, 0.25) is 0 Å². The molecule has 0 aliphatic carbocycles. The Morgan fingerprint density at radius 2 is 2.09 bits per heavy atom. The molecule has 114 valence electrons. The van der Waals surface area contributed by atoms with E-state index in [1.807, 2.05) is 49.0 Å². The minimum atomic E-state index is -0.148. The zero-order chi connectivity index (χ0) is 15.4. The third-order valence-corrected chi connectivity index (χ3v) is 4.87. The van der Waals surface area contributed by atoms with Crippen molar-refractivity contribution in [2.24, 2.45) is 0 Å². The van der Waals surface area contributed by atoms with Gasteiger partial charge < -0.3 is 10.6 Å². The van der Waals surface area contributed by atoms with Gasteiger partial charge in [0.15, 0.2) is 0 Å². The van der Waals surface area contributed by atoms with Crippen molar-refractivity contribution in [1.82, 2.24) is 15.6 Å². The van der Waals surface area contributed by atoms with Gasteiger partial charge in [-0.3, -0.25) is 4.98 Å². The molecular formula is C17H19N3OS. The number of benzene rings is 1. The summed E-state index contributed by atoms with van der Waals surface area (Å²) in [7, 11) is 0. The van der Waals surface area contributed by atoms with Crippen molar-refractivity contribution in [3.8, 4) is 0 Å². The first-order valence-corrected chi connectivity index (χ1v) is 8.42. The molecule has 0 spiro atoms. The van der Waals surface area contributed by atoms with Crippen molar-refractivity contribution in [3.05, 3.63) is 59.9 Å². The minimum absolute atomic E-state index is 0.0772. The van der Waals surface area contributed by atoms with Crippen LogP contribution >= 0.6 is 11.8 Å². The monoisotopic (exact) mass is 313 g/mol. The molecule has 0 fully saturated rings. The number of aromatic nitrogens is 1. The number of fused-ring (bicyclic) bond motifs is 1. The molecular weight excluding hydrogens is 294 g/mol. The number of nitrogens with one attached hydrogen (secondary N) is 2. The van der Waals surface area contributed by atoms with Gasteiger partial charge in [-0.15, -0.1) is 11.8 Å². The molecule has 3 rings (SSSR count). The number of hydrogen-bond acceptors (Lipinski definition) is 3. The van der Waals surface area contributed by atoms with Crippen LogP contribution in [0.4, 0.5) is 4.79 Å². The first-order valence-electron chi connectivity index (χ1n) is 7.44. The second kappa shape index (κ2) is 6.83. The summed E-state index contributed by atoms with van der Waals surface area (Å²) in [6.45, 7) is 1.94. The van der Waals surface area contributed by atoms with Gasteiger partial charge in [-0.2, -0.15) is 0 Å². The largest absolute Gasteiger partial charge is 0.331 e. The predicted molar refractivity (Wildman–Crippen MR) is 88.8 cm³/mol. The number of carbonyl (C=O) groups excluding carboxylic acids is 1. The summed E-state index contributed by atoms with van der Waals surface area (Å²) in [5.74, 6) is 1.03. The quantitative estimate of drug-likeness (QED) is 0.909. The van der Waals surface area contributed by atoms with E-state index < -0.39 is 0 Å². The second-order valence-corrected chi connectivity index (χ2v) is 6.46. The average molecular weight is 313 g/mol. The fraction of sp³-hybridized carbons (Fsp3) is 0.294. The lowest BCUT2D eigenvalue weighted by atomic mass is 10.0. The lowest BCUT2D eigenvalue weighted by molar-refractivity contribution is 0.233. The van der Waals surface area contributed by atoms with Crippen molar-refractivity contribution in [3.63, 3.8) is 0 Å². The Labute approximate surface area is 134 Å². The number of amides is 2. The number of rotatable bonds is 3. The molecule has 0 radical (unpaired) electrons. The Balaban J connectivity index is 1.63. The Bertz CT molecular complexity index is 647. The molecule has 0 bridgehead atoms. The van der Waals surface area contributed by atoms with Gasteiger partial charge in [0.05, 0.1) is 17.8 Å². The lowest BCUT2D eigenvalue weighted by Crippen LogP contribution is -2.40. The molecule has 0 saturated heterocycles. The molecule has 22 heavy (non-hydrogen) atoms. The summed E-state index contributed by atoms with van der Waals surface area (Å²) in [4.78, 5) is 17.8. The molecule has 2 N–H and O–H groups in total. The van der Waals surface area contributed by atoms with Gasteiger partial charge in [0.25, 0.3) is 0 Å². The summed E-state index contributed by atoms with van der Waals surface area (Å²) in [6.07, 6.45) is 2.69. The van der Waals surface area contributed by atoms with Gasteiger partial charge in [0.2, 0.25) is 0 Å². The van der Waals surface area contributed by atoms with E-state index in [2.05, 4.69) is 27.8 Å². The SMILES string of the molecule is C[C@@H](NC(=O)N[C@@H]1CCSc2ccccc21)c1ccccn1. The number of carbonyl (C=O) groups is 1. The van der Waals surface area contributed by atoms with E-state index in [0.717, 1.165) is 17.9 Å². The molecule has 2 aromatic rings. The van der Waals surface area contributed by atoms with Crippen LogP contribution in [0, 0.1) is 0 Å². The summed E-state index contributed by atoms with van der Waals surface area (Å²) in [5, 5.41) is 6.04. The maximum absolute atomic E-state index is 12.2. The summed E-state index contributed by atoms with van der Waals surface area (Å²) in [5.41, 5.74) is 2.07.